The van der Waals surface area contributed by atoms with Gasteiger partial charge in [-0.1, -0.05) is 18.7 Å². The fourth-order valence-electron chi connectivity index (χ4n) is 0.836. The van der Waals surface area contributed by atoms with Gasteiger partial charge in [-0.25, -0.2) is 0 Å². The Bertz CT molecular complexity index is 365. The summed E-state index contributed by atoms with van der Waals surface area (Å²) in [6.45, 7) is 3.81. The lowest BCUT2D eigenvalue weighted by molar-refractivity contribution is 0.351. The summed E-state index contributed by atoms with van der Waals surface area (Å²) in [6.07, 6.45) is 4.85. The van der Waals surface area contributed by atoms with Crippen LogP contribution in [0, 0.1) is 11.5 Å². The minimum absolute atomic E-state index is 0.216. The molecule has 0 N–H and O–H groups in total. The molecule has 1 rings (SSSR count). The number of rotatable bonds is 3. The van der Waals surface area contributed by atoms with Gasteiger partial charge in [0.1, 0.15) is 12.3 Å². The molecule has 4 heteroatoms. The maximum Gasteiger partial charge on any atom is 0.250 e. The number of hydrogen-bond donors (Lipinski definition) is 0. The molecule has 14 heavy (non-hydrogen) atoms. The highest BCUT2D eigenvalue weighted by Crippen LogP contribution is 1.98. The number of ether oxygens (including phenoxy) is 1. The lowest BCUT2D eigenvalue weighted by atomic mass is 10.3. The molecule has 0 fully saturated rings. The molecule has 0 radical (unpaired) electrons. The van der Waals surface area contributed by atoms with Crippen LogP contribution in [0.25, 0.3) is 0 Å². The van der Waals surface area contributed by atoms with Gasteiger partial charge >= 0.3 is 0 Å². The van der Waals surface area contributed by atoms with E-state index in [0.29, 0.717) is 12.3 Å². The van der Waals surface area contributed by atoms with Crippen molar-refractivity contribution in [2.24, 2.45) is 4.99 Å². The van der Waals surface area contributed by atoms with Gasteiger partial charge in [0, 0.05) is 6.20 Å². The summed E-state index contributed by atoms with van der Waals surface area (Å²) in [6, 6.07) is 5.30. The van der Waals surface area contributed by atoms with Gasteiger partial charge in [0.25, 0.3) is 5.90 Å². The summed E-state index contributed by atoms with van der Waals surface area (Å²) in [4.78, 5) is 7.53. The van der Waals surface area contributed by atoms with Gasteiger partial charge in [0.05, 0.1) is 0 Å². The Balaban J connectivity index is 2.85. The van der Waals surface area contributed by atoms with Crippen molar-refractivity contribution < 1.29 is 4.74 Å². The zero-order valence-corrected chi connectivity index (χ0v) is 7.55. The molecule has 0 unspecified atom stereocenters. The Kier molecular flexibility index (Phi) is 3.89. The van der Waals surface area contributed by atoms with Crippen LogP contribution in [0.3, 0.4) is 0 Å². The van der Waals surface area contributed by atoms with Crippen LogP contribution in [0.2, 0.25) is 0 Å². The number of nitriles is 1. The van der Waals surface area contributed by atoms with Crippen LogP contribution in [0.15, 0.2) is 42.0 Å². The predicted octanol–water partition coefficient (Wildman–Crippen LogP) is 1.51. The van der Waals surface area contributed by atoms with E-state index in [1.165, 1.54) is 0 Å². The van der Waals surface area contributed by atoms with E-state index in [1.54, 1.807) is 36.7 Å². The Morgan fingerprint density at radius 1 is 1.71 bits per heavy atom. The van der Waals surface area contributed by atoms with Crippen LogP contribution in [0.5, 0.6) is 0 Å². The Hall–Kier alpha value is -2.15. The monoisotopic (exact) mass is 187 g/mol. The molecule has 4 nitrogen and oxygen atoms in total. The number of hydrogen-bond acceptors (Lipinski definition) is 4. The highest BCUT2D eigenvalue weighted by Gasteiger charge is 2.04. The maximum atomic E-state index is 8.43. The zero-order valence-electron chi connectivity index (χ0n) is 7.55. The first kappa shape index (κ1) is 9.93. The van der Waals surface area contributed by atoms with Crippen molar-refractivity contribution in [2.45, 2.75) is 0 Å². The molecule has 0 bridgehead atoms. The van der Waals surface area contributed by atoms with Gasteiger partial charge in [0.2, 0.25) is 6.19 Å². The molecule has 0 atom stereocenters. The normalized spacial score (nSPS) is 10.4. The maximum absolute atomic E-state index is 8.43. The van der Waals surface area contributed by atoms with Gasteiger partial charge in [-0.05, 0) is 12.1 Å². The van der Waals surface area contributed by atoms with E-state index in [9.17, 15) is 0 Å². The smallest absolute Gasteiger partial charge is 0.250 e. The van der Waals surface area contributed by atoms with Gasteiger partial charge in [-0.3, -0.25) is 4.98 Å². The second-order valence-electron chi connectivity index (χ2n) is 2.33. The Morgan fingerprint density at radius 3 is 3.14 bits per heavy atom. The lowest BCUT2D eigenvalue weighted by Gasteiger charge is -2.03. The van der Waals surface area contributed by atoms with Crippen LogP contribution in [-0.4, -0.2) is 17.5 Å². The molecule has 0 amide bonds. The molecule has 1 aromatic rings. The van der Waals surface area contributed by atoms with Crippen molar-refractivity contribution in [3.8, 4) is 6.19 Å². The van der Waals surface area contributed by atoms with E-state index < -0.39 is 0 Å². The van der Waals surface area contributed by atoms with Crippen LogP contribution < -0.4 is 0 Å². The fourth-order valence-corrected chi connectivity index (χ4v) is 0.836. The second kappa shape index (κ2) is 5.49. The molecule has 0 saturated carbocycles. The number of pyridine rings is 1. The standard InChI is InChI=1S/C10H9N3O/c1-2-7-14-10(13-8-11)9-5-3-4-6-12-9/h2-6H,1,7H2. The van der Waals surface area contributed by atoms with Crippen molar-refractivity contribution in [3.05, 3.63) is 42.7 Å². The van der Waals surface area contributed by atoms with E-state index in [2.05, 4.69) is 16.6 Å². The van der Waals surface area contributed by atoms with Crippen molar-refractivity contribution in [2.75, 3.05) is 6.61 Å². The molecular formula is C10H9N3O. The summed E-state index contributed by atoms with van der Waals surface area (Å²) in [5.41, 5.74) is 0.538. The van der Waals surface area contributed by atoms with Crippen LogP contribution >= 0.6 is 0 Å². The molecule has 1 aromatic heterocycles. The quantitative estimate of drug-likeness (QED) is 0.312. The first-order valence-electron chi connectivity index (χ1n) is 4.00. The van der Waals surface area contributed by atoms with E-state index in [1.807, 2.05) is 0 Å². The summed E-state index contributed by atoms with van der Waals surface area (Å²) in [5.74, 6) is 0.216. The minimum Gasteiger partial charge on any atom is -0.471 e. The first-order chi connectivity index (χ1) is 6.88. The van der Waals surface area contributed by atoms with Crippen molar-refractivity contribution in [1.82, 2.24) is 4.98 Å². The van der Waals surface area contributed by atoms with Crippen molar-refractivity contribution in [1.29, 1.82) is 5.26 Å². The molecule has 0 aliphatic rings. The van der Waals surface area contributed by atoms with Crippen LogP contribution in [-0.2, 0) is 4.74 Å². The van der Waals surface area contributed by atoms with E-state index in [4.69, 9.17) is 10.00 Å². The average molecular weight is 187 g/mol. The second-order valence-corrected chi connectivity index (χ2v) is 2.33. The first-order valence-corrected chi connectivity index (χ1v) is 4.00. The van der Waals surface area contributed by atoms with Gasteiger partial charge in [-0.2, -0.15) is 5.26 Å². The molecular weight excluding hydrogens is 178 g/mol. The van der Waals surface area contributed by atoms with E-state index in [0.717, 1.165) is 0 Å². The summed E-state index contributed by atoms with van der Waals surface area (Å²) < 4.78 is 5.16. The van der Waals surface area contributed by atoms with Crippen molar-refractivity contribution in [3.63, 3.8) is 0 Å². The SMILES string of the molecule is C=CCOC(=NC#N)c1ccccn1. The zero-order chi connectivity index (χ0) is 10.2. The van der Waals surface area contributed by atoms with Gasteiger partial charge in [0.15, 0.2) is 0 Å². The van der Waals surface area contributed by atoms with Crippen LogP contribution in [0.1, 0.15) is 5.69 Å². The number of aromatic nitrogens is 1. The largest absolute Gasteiger partial charge is 0.471 e. The van der Waals surface area contributed by atoms with Gasteiger partial charge < -0.3 is 4.74 Å². The number of aliphatic imine (C=N–C) groups is 1. The summed E-state index contributed by atoms with van der Waals surface area (Å²) in [5, 5.41) is 8.43. The Morgan fingerprint density at radius 2 is 2.57 bits per heavy atom. The molecule has 0 aliphatic carbocycles. The highest BCUT2D eigenvalue weighted by atomic mass is 16.5. The minimum atomic E-state index is 0.216. The summed E-state index contributed by atoms with van der Waals surface area (Å²) >= 11 is 0. The average Bonchev–Trinajstić information content (AvgIpc) is 2.25. The molecule has 0 aliphatic heterocycles. The molecule has 0 spiro atoms. The third-order valence-corrected chi connectivity index (χ3v) is 1.37. The molecule has 0 aromatic carbocycles. The topological polar surface area (TPSA) is 58.3 Å². The third-order valence-electron chi connectivity index (χ3n) is 1.37. The molecule has 1 heterocycles. The van der Waals surface area contributed by atoms with Crippen LogP contribution in [0.4, 0.5) is 0 Å². The number of nitrogens with zero attached hydrogens (tertiary/aromatic N) is 3. The third kappa shape index (κ3) is 2.72. The summed E-state index contributed by atoms with van der Waals surface area (Å²) in [7, 11) is 0. The van der Waals surface area contributed by atoms with E-state index >= 15 is 0 Å². The highest BCUT2D eigenvalue weighted by molar-refractivity contribution is 5.92. The van der Waals surface area contributed by atoms with E-state index in [-0.39, 0.29) is 5.90 Å². The fraction of sp³-hybridized carbons (Fsp3) is 0.100. The Labute approximate surface area is 82.2 Å². The molecule has 70 valence electrons. The van der Waals surface area contributed by atoms with Gasteiger partial charge in [-0.15, -0.1) is 4.99 Å². The lowest BCUT2D eigenvalue weighted by Crippen LogP contribution is -2.08. The predicted molar refractivity (Wildman–Crippen MR) is 52.5 cm³/mol. The van der Waals surface area contributed by atoms with Crippen molar-refractivity contribution >= 4 is 5.90 Å². The molecule has 0 saturated heterocycles.